The quantitative estimate of drug-likeness (QED) is 0.549. The molecule has 0 saturated heterocycles. The summed E-state index contributed by atoms with van der Waals surface area (Å²) in [5, 5.41) is 6.34. The second-order valence-corrected chi connectivity index (χ2v) is 5.89. The minimum atomic E-state index is -0.567. The van der Waals surface area contributed by atoms with E-state index < -0.39 is 11.6 Å². The lowest BCUT2D eigenvalue weighted by atomic mass is 10.1. The topological polar surface area (TPSA) is 54.9 Å². The fraction of sp³-hybridized carbons (Fsp3) is 0.350. The number of aliphatic imine (C=N–C) groups is 1. The van der Waals surface area contributed by atoms with E-state index in [1.54, 1.807) is 21.3 Å². The van der Waals surface area contributed by atoms with Gasteiger partial charge in [-0.25, -0.2) is 8.78 Å². The van der Waals surface area contributed by atoms with Gasteiger partial charge < -0.3 is 20.1 Å². The van der Waals surface area contributed by atoms with Gasteiger partial charge in [-0.15, -0.1) is 0 Å². The van der Waals surface area contributed by atoms with Crippen molar-refractivity contribution in [1.29, 1.82) is 0 Å². The predicted molar refractivity (Wildman–Crippen MR) is 103 cm³/mol. The fourth-order valence-electron chi connectivity index (χ4n) is 2.66. The third-order valence-electron chi connectivity index (χ3n) is 4.01. The molecule has 146 valence electrons. The number of ether oxygens (including phenoxy) is 2. The SMILES string of the molecule is CN=C(NCCc1cc(F)cc(F)c1)NCCc1ccc(OC)c(OC)c1. The van der Waals surface area contributed by atoms with Gasteiger partial charge in [-0.2, -0.15) is 0 Å². The summed E-state index contributed by atoms with van der Waals surface area (Å²) >= 11 is 0. The van der Waals surface area contributed by atoms with Crippen molar-refractivity contribution in [2.24, 2.45) is 4.99 Å². The van der Waals surface area contributed by atoms with Gasteiger partial charge in [0.25, 0.3) is 0 Å². The van der Waals surface area contributed by atoms with E-state index in [9.17, 15) is 8.78 Å². The largest absolute Gasteiger partial charge is 0.493 e. The summed E-state index contributed by atoms with van der Waals surface area (Å²) in [6.07, 6.45) is 1.27. The Kier molecular flexibility index (Phi) is 7.85. The first-order chi connectivity index (χ1) is 13.0. The van der Waals surface area contributed by atoms with Gasteiger partial charge in [0.1, 0.15) is 11.6 Å². The zero-order chi connectivity index (χ0) is 19.6. The molecular weight excluding hydrogens is 352 g/mol. The van der Waals surface area contributed by atoms with Crippen molar-refractivity contribution in [3.8, 4) is 11.5 Å². The van der Waals surface area contributed by atoms with Crippen molar-refractivity contribution in [1.82, 2.24) is 10.6 Å². The Labute approximate surface area is 158 Å². The Bertz CT molecular complexity index is 762. The lowest BCUT2D eigenvalue weighted by Crippen LogP contribution is -2.39. The summed E-state index contributed by atoms with van der Waals surface area (Å²) < 4.78 is 36.9. The maximum absolute atomic E-state index is 13.2. The molecule has 0 atom stereocenters. The van der Waals surface area contributed by atoms with Crippen LogP contribution in [0.2, 0.25) is 0 Å². The highest BCUT2D eigenvalue weighted by Gasteiger charge is 2.05. The highest BCUT2D eigenvalue weighted by Crippen LogP contribution is 2.27. The number of halogens is 2. The molecule has 0 saturated carbocycles. The van der Waals surface area contributed by atoms with Crippen LogP contribution in [-0.4, -0.2) is 40.3 Å². The van der Waals surface area contributed by atoms with Crippen LogP contribution in [0.5, 0.6) is 11.5 Å². The highest BCUT2D eigenvalue weighted by molar-refractivity contribution is 5.79. The van der Waals surface area contributed by atoms with E-state index in [2.05, 4.69) is 15.6 Å². The molecule has 0 fully saturated rings. The third kappa shape index (κ3) is 6.44. The Morgan fingerprint density at radius 3 is 2.00 bits per heavy atom. The molecule has 0 amide bonds. The minimum Gasteiger partial charge on any atom is -0.493 e. The van der Waals surface area contributed by atoms with Gasteiger partial charge in [0.15, 0.2) is 17.5 Å². The molecule has 0 bridgehead atoms. The molecule has 0 radical (unpaired) electrons. The standard InChI is InChI=1S/C20H25F2N3O2/c1-23-20(25-9-7-15-10-16(21)13-17(22)11-15)24-8-6-14-4-5-18(26-2)19(12-14)27-3/h4-5,10-13H,6-9H2,1-3H3,(H2,23,24,25). The summed E-state index contributed by atoms with van der Waals surface area (Å²) in [4.78, 5) is 4.15. The number of rotatable bonds is 8. The molecule has 2 rings (SSSR count). The average molecular weight is 377 g/mol. The van der Waals surface area contributed by atoms with Crippen LogP contribution in [0.15, 0.2) is 41.4 Å². The lowest BCUT2D eigenvalue weighted by molar-refractivity contribution is 0.354. The molecule has 0 aromatic heterocycles. The summed E-state index contributed by atoms with van der Waals surface area (Å²) in [7, 11) is 4.89. The Balaban J connectivity index is 1.78. The van der Waals surface area contributed by atoms with Gasteiger partial charge in [-0.1, -0.05) is 6.07 Å². The number of methoxy groups -OCH3 is 2. The zero-order valence-electron chi connectivity index (χ0n) is 15.8. The van der Waals surface area contributed by atoms with Gasteiger partial charge in [0, 0.05) is 26.2 Å². The van der Waals surface area contributed by atoms with Crippen LogP contribution in [0.1, 0.15) is 11.1 Å². The van der Waals surface area contributed by atoms with E-state index in [0.29, 0.717) is 42.5 Å². The molecule has 0 aliphatic rings. The summed E-state index contributed by atoms with van der Waals surface area (Å²) in [5.41, 5.74) is 1.70. The molecule has 2 N–H and O–H groups in total. The molecule has 2 aromatic carbocycles. The molecule has 27 heavy (non-hydrogen) atoms. The van der Waals surface area contributed by atoms with Gasteiger partial charge in [-0.3, -0.25) is 4.99 Å². The van der Waals surface area contributed by atoms with E-state index >= 15 is 0 Å². The van der Waals surface area contributed by atoms with Crippen LogP contribution in [0.25, 0.3) is 0 Å². The Morgan fingerprint density at radius 2 is 1.44 bits per heavy atom. The molecule has 0 unspecified atom stereocenters. The van der Waals surface area contributed by atoms with Gasteiger partial charge in [0.05, 0.1) is 14.2 Å². The van der Waals surface area contributed by atoms with Gasteiger partial charge in [0.2, 0.25) is 0 Å². The maximum Gasteiger partial charge on any atom is 0.190 e. The smallest absolute Gasteiger partial charge is 0.190 e. The van der Waals surface area contributed by atoms with Gasteiger partial charge >= 0.3 is 0 Å². The van der Waals surface area contributed by atoms with Crippen LogP contribution in [0.3, 0.4) is 0 Å². The monoisotopic (exact) mass is 377 g/mol. The van der Waals surface area contributed by atoms with E-state index in [-0.39, 0.29) is 0 Å². The van der Waals surface area contributed by atoms with Crippen LogP contribution in [0.4, 0.5) is 8.78 Å². The van der Waals surface area contributed by atoms with Crippen LogP contribution in [0, 0.1) is 11.6 Å². The van der Waals surface area contributed by atoms with E-state index in [0.717, 1.165) is 18.1 Å². The number of hydrogen-bond acceptors (Lipinski definition) is 3. The minimum absolute atomic E-state index is 0.491. The molecule has 2 aromatic rings. The molecule has 0 spiro atoms. The molecule has 7 heteroatoms. The summed E-state index contributed by atoms with van der Waals surface area (Å²) in [6.45, 7) is 1.18. The van der Waals surface area contributed by atoms with Gasteiger partial charge in [-0.05, 0) is 48.2 Å². The number of nitrogens with zero attached hydrogens (tertiary/aromatic N) is 1. The lowest BCUT2D eigenvalue weighted by Gasteiger charge is -2.13. The van der Waals surface area contributed by atoms with Crippen LogP contribution < -0.4 is 20.1 Å². The second-order valence-electron chi connectivity index (χ2n) is 5.89. The maximum atomic E-state index is 13.2. The number of hydrogen-bond donors (Lipinski definition) is 2. The zero-order valence-corrected chi connectivity index (χ0v) is 15.8. The summed E-state index contributed by atoms with van der Waals surface area (Å²) in [5.74, 6) is 0.887. The molecule has 0 aliphatic heterocycles. The molecule has 5 nitrogen and oxygen atoms in total. The van der Waals surface area contributed by atoms with Crippen molar-refractivity contribution in [2.45, 2.75) is 12.8 Å². The Hall–Kier alpha value is -2.83. The normalized spacial score (nSPS) is 11.2. The van der Waals surface area contributed by atoms with Crippen molar-refractivity contribution in [3.63, 3.8) is 0 Å². The fourth-order valence-corrected chi connectivity index (χ4v) is 2.66. The van der Waals surface area contributed by atoms with Crippen molar-refractivity contribution < 1.29 is 18.3 Å². The molecule has 0 aliphatic carbocycles. The highest BCUT2D eigenvalue weighted by atomic mass is 19.1. The van der Waals surface area contributed by atoms with E-state index in [1.807, 2.05) is 18.2 Å². The first-order valence-corrected chi connectivity index (χ1v) is 8.66. The van der Waals surface area contributed by atoms with Crippen LogP contribution in [-0.2, 0) is 12.8 Å². The predicted octanol–water partition coefficient (Wildman–Crippen LogP) is 2.93. The van der Waals surface area contributed by atoms with E-state index in [4.69, 9.17) is 9.47 Å². The first-order valence-electron chi connectivity index (χ1n) is 8.66. The molecular formula is C20H25F2N3O2. The first kappa shape index (κ1) is 20.5. The van der Waals surface area contributed by atoms with Crippen molar-refractivity contribution in [2.75, 3.05) is 34.4 Å². The Morgan fingerprint density at radius 1 is 0.852 bits per heavy atom. The third-order valence-corrected chi connectivity index (χ3v) is 4.01. The summed E-state index contributed by atoms with van der Waals surface area (Å²) in [6, 6.07) is 9.33. The molecule has 0 heterocycles. The van der Waals surface area contributed by atoms with Crippen molar-refractivity contribution >= 4 is 5.96 Å². The number of nitrogens with one attached hydrogen (secondary N) is 2. The van der Waals surface area contributed by atoms with Crippen molar-refractivity contribution in [3.05, 3.63) is 59.2 Å². The van der Waals surface area contributed by atoms with E-state index in [1.165, 1.54) is 12.1 Å². The number of guanidine groups is 1. The average Bonchev–Trinajstić information content (AvgIpc) is 2.65. The van der Waals surface area contributed by atoms with Crippen LogP contribution >= 0.6 is 0 Å². The number of benzene rings is 2. The second kappa shape index (κ2) is 10.4.